The van der Waals surface area contributed by atoms with Crippen LogP contribution in [-0.4, -0.2) is 28.6 Å². The van der Waals surface area contributed by atoms with Gasteiger partial charge in [0.1, 0.15) is 0 Å². The number of aliphatic hydroxyl groups excluding tert-OH is 1. The predicted octanol–water partition coefficient (Wildman–Crippen LogP) is 7.65. The molecule has 2 aromatic rings. The maximum atomic E-state index is 14.3. The standard InChI is InChI=1S/C28H37Cl2NO2/c1-5-19(18-32)16-28(4)17-25(21-9-8-10-23(30)15-21)26(20-11-13-22(29)14-12-20)31(27(28)33)24(6-2)7-3/h8-15,19,24-26,32H,5-7,16-18H2,1-4H3/t19?,25-,26-,28+/m1/s1. The van der Waals surface area contributed by atoms with Crippen LogP contribution in [0.25, 0.3) is 0 Å². The molecule has 0 aromatic heterocycles. The molecule has 0 bridgehead atoms. The Morgan fingerprint density at radius 1 is 1.00 bits per heavy atom. The van der Waals surface area contributed by atoms with Gasteiger partial charge in [0.15, 0.2) is 0 Å². The van der Waals surface area contributed by atoms with Gasteiger partial charge in [0.05, 0.1) is 6.04 Å². The average Bonchev–Trinajstić information content (AvgIpc) is 2.81. The van der Waals surface area contributed by atoms with Crippen LogP contribution in [-0.2, 0) is 4.79 Å². The number of halogens is 2. The average molecular weight is 491 g/mol. The smallest absolute Gasteiger partial charge is 0.229 e. The Hall–Kier alpha value is -1.55. The van der Waals surface area contributed by atoms with E-state index in [4.69, 9.17) is 23.2 Å². The topological polar surface area (TPSA) is 40.5 Å². The Bertz CT molecular complexity index is 924. The third kappa shape index (κ3) is 5.58. The van der Waals surface area contributed by atoms with Gasteiger partial charge < -0.3 is 10.0 Å². The summed E-state index contributed by atoms with van der Waals surface area (Å²) in [7, 11) is 0. The lowest BCUT2D eigenvalue weighted by Crippen LogP contribution is -2.56. The van der Waals surface area contributed by atoms with Crippen LogP contribution in [0.5, 0.6) is 0 Å². The van der Waals surface area contributed by atoms with Crippen molar-refractivity contribution in [3.05, 3.63) is 69.7 Å². The summed E-state index contributed by atoms with van der Waals surface area (Å²) in [6.07, 6.45) is 4.03. The Morgan fingerprint density at radius 2 is 1.67 bits per heavy atom. The van der Waals surface area contributed by atoms with Crippen LogP contribution >= 0.6 is 23.2 Å². The molecule has 4 atom stereocenters. The van der Waals surface area contributed by atoms with E-state index < -0.39 is 5.41 Å². The van der Waals surface area contributed by atoms with Gasteiger partial charge in [-0.1, -0.05) is 81.6 Å². The molecule has 1 N–H and O–H groups in total. The van der Waals surface area contributed by atoms with Crippen LogP contribution < -0.4 is 0 Å². The molecule has 0 spiro atoms. The van der Waals surface area contributed by atoms with Gasteiger partial charge in [-0.15, -0.1) is 0 Å². The van der Waals surface area contributed by atoms with E-state index in [2.05, 4.69) is 50.8 Å². The number of carbonyl (C=O) groups is 1. The van der Waals surface area contributed by atoms with Crippen molar-refractivity contribution in [1.82, 2.24) is 4.90 Å². The first-order valence-electron chi connectivity index (χ1n) is 12.2. The minimum absolute atomic E-state index is 0.0874. The van der Waals surface area contributed by atoms with E-state index in [-0.39, 0.29) is 36.4 Å². The molecule has 3 rings (SSSR count). The van der Waals surface area contributed by atoms with Crippen LogP contribution in [0.15, 0.2) is 48.5 Å². The van der Waals surface area contributed by atoms with Gasteiger partial charge in [-0.2, -0.15) is 0 Å². The van der Waals surface area contributed by atoms with E-state index >= 15 is 0 Å². The van der Waals surface area contributed by atoms with E-state index in [9.17, 15) is 9.90 Å². The first-order chi connectivity index (χ1) is 15.8. The fourth-order valence-electron chi connectivity index (χ4n) is 5.63. The monoisotopic (exact) mass is 489 g/mol. The third-order valence-electron chi connectivity index (χ3n) is 7.50. The van der Waals surface area contributed by atoms with Gasteiger partial charge in [-0.25, -0.2) is 0 Å². The number of hydrogen-bond donors (Lipinski definition) is 1. The number of rotatable bonds is 9. The Morgan fingerprint density at radius 3 is 2.21 bits per heavy atom. The van der Waals surface area contributed by atoms with Crippen molar-refractivity contribution in [3.8, 4) is 0 Å². The highest BCUT2D eigenvalue weighted by Gasteiger charge is 2.51. The van der Waals surface area contributed by atoms with Crippen molar-refractivity contribution in [2.45, 2.75) is 77.8 Å². The summed E-state index contributed by atoms with van der Waals surface area (Å²) in [5.41, 5.74) is 1.69. The number of benzene rings is 2. The molecule has 5 heteroatoms. The molecular formula is C28H37Cl2NO2. The molecule has 1 fully saturated rings. The van der Waals surface area contributed by atoms with Crippen molar-refractivity contribution in [2.24, 2.45) is 11.3 Å². The molecule has 180 valence electrons. The highest BCUT2D eigenvalue weighted by Crippen LogP contribution is 2.53. The van der Waals surface area contributed by atoms with Crippen LogP contribution in [0.2, 0.25) is 10.0 Å². The molecular weight excluding hydrogens is 453 g/mol. The first-order valence-corrected chi connectivity index (χ1v) is 13.0. The number of piperidine rings is 1. The lowest BCUT2D eigenvalue weighted by molar-refractivity contribution is -0.156. The molecule has 1 aliphatic rings. The summed E-state index contributed by atoms with van der Waals surface area (Å²) in [6, 6.07) is 16.0. The van der Waals surface area contributed by atoms with Gasteiger partial charge in [0.2, 0.25) is 5.91 Å². The Balaban J connectivity index is 2.19. The summed E-state index contributed by atoms with van der Waals surface area (Å²) in [6.45, 7) is 8.60. The zero-order valence-electron chi connectivity index (χ0n) is 20.2. The Labute approximate surface area is 209 Å². The second kappa shape index (κ2) is 11.3. The molecule has 1 heterocycles. The number of nitrogens with zero attached hydrogens (tertiary/aromatic N) is 1. The maximum Gasteiger partial charge on any atom is 0.229 e. The van der Waals surface area contributed by atoms with Crippen LogP contribution in [0.3, 0.4) is 0 Å². The second-order valence-electron chi connectivity index (χ2n) is 9.77. The molecule has 1 unspecified atom stereocenters. The number of likely N-dealkylation sites (tertiary alicyclic amines) is 1. The Kier molecular flexibility index (Phi) is 8.89. The predicted molar refractivity (Wildman–Crippen MR) is 138 cm³/mol. The summed E-state index contributed by atoms with van der Waals surface area (Å²) < 4.78 is 0. The minimum Gasteiger partial charge on any atom is -0.396 e. The van der Waals surface area contributed by atoms with E-state index in [0.717, 1.165) is 30.4 Å². The fraction of sp³-hybridized carbons (Fsp3) is 0.536. The molecule has 1 aliphatic heterocycles. The van der Waals surface area contributed by atoms with E-state index in [1.165, 1.54) is 0 Å². The van der Waals surface area contributed by atoms with Gasteiger partial charge in [0, 0.05) is 34.0 Å². The highest BCUT2D eigenvalue weighted by atomic mass is 35.5. The minimum atomic E-state index is -0.554. The van der Waals surface area contributed by atoms with Gasteiger partial charge >= 0.3 is 0 Å². The van der Waals surface area contributed by atoms with Gasteiger partial charge in [-0.05, 0) is 67.0 Å². The first kappa shape index (κ1) is 26.1. The lowest BCUT2D eigenvalue weighted by atomic mass is 9.65. The van der Waals surface area contributed by atoms with Gasteiger partial charge in [-0.3, -0.25) is 4.79 Å². The van der Waals surface area contributed by atoms with Crippen LogP contribution in [0.1, 0.15) is 82.9 Å². The fourth-order valence-corrected chi connectivity index (χ4v) is 5.95. The molecule has 3 nitrogen and oxygen atoms in total. The summed E-state index contributed by atoms with van der Waals surface area (Å²) in [4.78, 5) is 16.4. The van der Waals surface area contributed by atoms with Crippen molar-refractivity contribution >= 4 is 29.1 Å². The quantitative estimate of drug-likeness (QED) is 0.392. The SMILES string of the molecule is CCC(CO)C[C@@]1(C)C[C@H](c2cccc(Cl)c2)[C@@H](c2ccc(Cl)cc2)N(C(CC)CC)C1=O. The zero-order chi connectivity index (χ0) is 24.2. The van der Waals surface area contributed by atoms with Gasteiger partial charge in [0.25, 0.3) is 0 Å². The van der Waals surface area contributed by atoms with Crippen molar-refractivity contribution in [2.75, 3.05) is 6.61 Å². The molecule has 1 amide bonds. The zero-order valence-corrected chi connectivity index (χ0v) is 21.7. The number of aliphatic hydroxyl groups is 1. The number of hydrogen-bond acceptors (Lipinski definition) is 2. The summed E-state index contributed by atoms with van der Waals surface area (Å²) in [5.74, 6) is 0.389. The third-order valence-corrected chi connectivity index (χ3v) is 7.99. The summed E-state index contributed by atoms with van der Waals surface area (Å²) in [5, 5.41) is 11.3. The highest BCUT2D eigenvalue weighted by molar-refractivity contribution is 6.30. The molecule has 33 heavy (non-hydrogen) atoms. The summed E-state index contributed by atoms with van der Waals surface area (Å²) >= 11 is 12.6. The second-order valence-corrected chi connectivity index (χ2v) is 10.6. The molecule has 1 saturated heterocycles. The van der Waals surface area contributed by atoms with Crippen molar-refractivity contribution in [3.63, 3.8) is 0 Å². The number of carbonyl (C=O) groups excluding carboxylic acids is 1. The van der Waals surface area contributed by atoms with Crippen LogP contribution in [0.4, 0.5) is 0 Å². The lowest BCUT2D eigenvalue weighted by Gasteiger charge is -2.52. The van der Waals surface area contributed by atoms with Crippen molar-refractivity contribution < 1.29 is 9.90 Å². The maximum absolute atomic E-state index is 14.3. The molecule has 0 aliphatic carbocycles. The molecule has 2 aromatic carbocycles. The molecule has 0 radical (unpaired) electrons. The van der Waals surface area contributed by atoms with E-state index in [1.54, 1.807) is 0 Å². The normalized spacial score (nSPS) is 24.4. The van der Waals surface area contributed by atoms with E-state index in [0.29, 0.717) is 22.9 Å². The van der Waals surface area contributed by atoms with E-state index in [1.807, 2.05) is 30.3 Å². The van der Waals surface area contributed by atoms with Crippen LogP contribution in [0, 0.1) is 11.3 Å². The number of amides is 1. The van der Waals surface area contributed by atoms with Crippen molar-refractivity contribution in [1.29, 1.82) is 0 Å². The largest absolute Gasteiger partial charge is 0.396 e. The molecule has 0 saturated carbocycles.